The molecule has 0 aromatic heterocycles. The largest absolute Gasteiger partial charge is 0.465 e. The number of ether oxygens (including phenoxy) is 1. The van der Waals surface area contributed by atoms with Crippen LogP contribution in [-0.2, 0) is 9.53 Å². The molecule has 2 aromatic rings. The van der Waals surface area contributed by atoms with E-state index in [9.17, 15) is 9.59 Å². The van der Waals surface area contributed by atoms with E-state index in [2.05, 4.69) is 31.3 Å². The van der Waals surface area contributed by atoms with Crippen LogP contribution in [0.25, 0.3) is 0 Å². The van der Waals surface area contributed by atoms with Crippen LogP contribution >= 0.6 is 15.9 Å². The average Bonchev–Trinajstić information content (AvgIpc) is 2.54. The average molecular weight is 377 g/mol. The molecule has 6 heteroatoms. The third-order valence-electron chi connectivity index (χ3n) is 3.07. The van der Waals surface area contributed by atoms with Crippen LogP contribution in [-0.4, -0.2) is 25.5 Å². The molecule has 0 aliphatic heterocycles. The minimum Gasteiger partial charge on any atom is -0.465 e. The minimum absolute atomic E-state index is 0.130. The molecule has 5 nitrogen and oxygen atoms in total. The van der Waals surface area contributed by atoms with E-state index in [0.29, 0.717) is 24.2 Å². The Kier molecular flexibility index (Phi) is 6.17. The summed E-state index contributed by atoms with van der Waals surface area (Å²) in [7, 11) is 1.32. The molecule has 120 valence electrons. The van der Waals surface area contributed by atoms with Crippen molar-refractivity contribution in [1.82, 2.24) is 0 Å². The molecule has 0 spiro atoms. The minimum atomic E-state index is -0.433. The Hall–Kier alpha value is -2.34. The quantitative estimate of drug-likeness (QED) is 0.754. The van der Waals surface area contributed by atoms with Crippen LogP contribution in [0.15, 0.2) is 53.0 Å². The topological polar surface area (TPSA) is 67.4 Å². The zero-order valence-corrected chi connectivity index (χ0v) is 14.2. The molecule has 0 atom stereocenters. The van der Waals surface area contributed by atoms with Crippen molar-refractivity contribution >= 4 is 39.2 Å². The number of methoxy groups -OCH3 is 1. The lowest BCUT2D eigenvalue weighted by Gasteiger charge is -2.08. The maximum Gasteiger partial charge on any atom is 0.337 e. The lowest BCUT2D eigenvalue weighted by atomic mass is 10.2. The van der Waals surface area contributed by atoms with Crippen LogP contribution < -0.4 is 10.6 Å². The Morgan fingerprint density at radius 2 is 1.83 bits per heavy atom. The molecule has 0 fully saturated rings. The highest BCUT2D eigenvalue weighted by molar-refractivity contribution is 9.10. The van der Waals surface area contributed by atoms with Crippen molar-refractivity contribution in [2.24, 2.45) is 0 Å². The molecule has 1 amide bonds. The first-order valence-corrected chi connectivity index (χ1v) is 7.85. The molecular weight excluding hydrogens is 360 g/mol. The van der Waals surface area contributed by atoms with Gasteiger partial charge in [0.1, 0.15) is 0 Å². The van der Waals surface area contributed by atoms with E-state index in [1.54, 1.807) is 24.3 Å². The molecule has 0 radical (unpaired) electrons. The van der Waals surface area contributed by atoms with E-state index >= 15 is 0 Å². The number of benzene rings is 2. The third kappa shape index (κ3) is 5.41. The van der Waals surface area contributed by atoms with Gasteiger partial charge >= 0.3 is 5.97 Å². The molecule has 2 aromatic carbocycles. The van der Waals surface area contributed by atoms with Crippen molar-refractivity contribution in [2.45, 2.75) is 6.42 Å². The second-order valence-corrected chi connectivity index (χ2v) is 5.72. The normalized spacial score (nSPS) is 10.0. The fourth-order valence-electron chi connectivity index (χ4n) is 1.98. The number of halogens is 1. The summed E-state index contributed by atoms with van der Waals surface area (Å²) in [6, 6.07) is 14.4. The summed E-state index contributed by atoms with van der Waals surface area (Å²) < 4.78 is 5.63. The summed E-state index contributed by atoms with van der Waals surface area (Å²) in [4.78, 5) is 23.4. The van der Waals surface area contributed by atoms with Crippen molar-refractivity contribution in [1.29, 1.82) is 0 Å². The maximum atomic E-state index is 11.9. The number of anilines is 2. The Morgan fingerprint density at radius 3 is 2.57 bits per heavy atom. The van der Waals surface area contributed by atoms with Crippen molar-refractivity contribution in [2.75, 3.05) is 24.3 Å². The fourth-order valence-corrected chi connectivity index (χ4v) is 2.38. The Labute approximate surface area is 143 Å². The Balaban J connectivity index is 1.84. The number of rotatable bonds is 6. The van der Waals surface area contributed by atoms with Gasteiger partial charge in [-0.3, -0.25) is 4.79 Å². The molecule has 0 unspecified atom stereocenters. The van der Waals surface area contributed by atoms with Gasteiger partial charge in [-0.05, 0) is 36.4 Å². The number of hydrogen-bond donors (Lipinski definition) is 2. The lowest BCUT2D eigenvalue weighted by Crippen LogP contribution is -2.16. The van der Waals surface area contributed by atoms with Crippen LogP contribution in [0.4, 0.5) is 11.4 Å². The predicted molar refractivity (Wildman–Crippen MR) is 93.7 cm³/mol. The van der Waals surface area contributed by atoms with Crippen molar-refractivity contribution in [3.05, 3.63) is 58.6 Å². The van der Waals surface area contributed by atoms with Crippen molar-refractivity contribution < 1.29 is 14.3 Å². The first-order valence-electron chi connectivity index (χ1n) is 7.06. The highest BCUT2D eigenvalue weighted by Crippen LogP contribution is 2.16. The zero-order chi connectivity index (χ0) is 16.7. The molecular formula is C17H17BrN2O3. The van der Waals surface area contributed by atoms with Gasteiger partial charge in [0.05, 0.1) is 12.7 Å². The smallest absolute Gasteiger partial charge is 0.337 e. The van der Waals surface area contributed by atoms with Gasteiger partial charge in [0.15, 0.2) is 0 Å². The van der Waals surface area contributed by atoms with Crippen LogP contribution in [0.3, 0.4) is 0 Å². The number of esters is 1. The lowest BCUT2D eigenvalue weighted by molar-refractivity contribution is -0.115. The zero-order valence-electron chi connectivity index (χ0n) is 12.6. The molecule has 23 heavy (non-hydrogen) atoms. The highest BCUT2D eigenvalue weighted by Gasteiger charge is 2.07. The van der Waals surface area contributed by atoms with E-state index in [-0.39, 0.29) is 5.91 Å². The fraction of sp³-hybridized carbons (Fsp3) is 0.176. The maximum absolute atomic E-state index is 11.9. The molecule has 0 saturated heterocycles. The first kappa shape index (κ1) is 17.0. The second-order valence-electron chi connectivity index (χ2n) is 4.81. The number of amides is 1. The predicted octanol–water partition coefficient (Wildman–Crippen LogP) is 3.68. The molecule has 0 heterocycles. The summed E-state index contributed by atoms with van der Waals surface area (Å²) in [5.74, 6) is -0.563. The molecule has 2 N–H and O–H groups in total. The number of carbonyl (C=O) groups excluding carboxylic acids is 2. The van der Waals surface area contributed by atoms with E-state index in [1.165, 1.54) is 7.11 Å². The van der Waals surface area contributed by atoms with E-state index in [1.807, 2.05) is 24.3 Å². The van der Waals surface area contributed by atoms with Gasteiger partial charge in [0.25, 0.3) is 0 Å². The van der Waals surface area contributed by atoms with E-state index < -0.39 is 5.97 Å². The monoisotopic (exact) mass is 376 g/mol. The Bertz CT molecular complexity index is 704. The molecule has 2 rings (SSSR count). The molecule has 0 aliphatic rings. The summed E-state index contributed by atoms with van der Waals surface area (Å²) in [5, 5.41) is 5.94. The van der Waals surface area contributed by atoms with Crippen LogP contribution in [0.1, 0.15) is 16.8 Å². The molecule has 0 bridgehead atoms. The van der Waals surface area contributed by atoms with E-state index in [4.69, 9.17) is 0 Å². The van der Waals surface area contributed by atoms with Crippen molar-refractivity contribution in [3.8, 4) is 0 Å². The van der Waals surface area contributed by atoms with Gasteiger partial charge in [-0.2, -0.15) is 0 Å². The van der Waals surface area contributed by atoms with E-state index in [0.717, 1.165) is 10.2 Å². The third-order valence-corrected chi connectivity index (χ3v) is 3.57. The SMILES string of the molecule is COC(=O)c1cccc(NC(=O)CCNc2cccc(Br)c2)c1. The molecule has 0 saturated carbocycles. The summed E-state index contributed by atoms with van der Waals surface area (Å²) >= 11 is 3.39. The first-order chi connectivity index (χ1) is 11.1. The summed E-state index contributed by atoms with van der Waals surface area (Å²) in [6.45, 7) is 0.513. The Morgan fingerprint density at radius 1 is 1.09 bits per heavy atom. The van der Waals surface area contributed by atoms with Gasteiger partial charge in [-0.15, -0.1) is 0 Å². The van der Waals surface area contributed by atoms with Gasteiger partial charge < -0.3 is 15.4 Å². The van der Waals surface area contributed by atoms with Gasteiger partial charge in [-0.25, -0.2) is 4.79 Å². The van der Waals surface area contributed by atoms with Crippen LogP contribution in [0.2, 0.25) is 0 Å². The summed E-state index contributed by atoms with van der Waals surface area (Å²) in [5.41, 5.74) is 1.91. The number of carbonyl (C=O) groups is 2. The second kappa shape index (κ2) is 8.33. The van der Waals surface area contributed by atoms with Crippen molar-refractivity contribution in [3.63, 3.8) is 0 Å². The van der Waals surface area contributed by atoms with Gasteiger partial charge in [-0.1, -0.05) is 28.1 Å². The van der Waals surface area contributed by atoms with Gasteiger partial charge in [0, 0.05) is 28.8 Å². The standard InChI is InChI=1S/C17H17BrN2O3/c1-23-17(22)12-4-2-7-15(10-12)20-16(21)8-9-19-14-6-3-5-13(18)11-14/h2-7,10-11,19H,8-9H2,1H3,(H,20,21). The number of nitrogens with one attached hydrogen (secondary N) is 2. The highest BCUT2D eigenvalue weighted by atomic mass is 79.9. The van der Waals surface area contributed by atoms with Crippen LogP contribution in [0, 0.1) is 0 Å². The van der Waals surface area contributed by atoms with Crippen LogP contribution in [0.5, 0.6) is 0 Å². The number of hydrogen-bond acceptors (Lipinski definition) is 4. The molecule has 0 aliphatic carbocycles. The summed E-state index contributed by atoms with van der Waals surface area (Å²) in [6.07, 6.45) is 0.314. The van der Waals surface area contributed by atoms with Gasteiger partial charge in [0.2, 0.25) is 5.91 Å².